The van der Waals surface area contributed by atoms with Gasteiger partial charge in [-0.15, -0.1) is 62.0 Å². The first-order valence-electron chi connectivity index (χ1n) is 1.47. The van der Waals surface area contributed by atoms with Crippen LogP contribution in [0.1, 0.15) is 0 Å². The van der Waals surface area contributed by atoms with Gasteiger partial charge in [0.1, 0.15) is 0 Å². The van der Waals surface area contributed by atoms with Crippen molar-refractivity contribution in [1.82, 2.24) is 0 Å². The van der Waals surface area contributed by atoms with Gasteiger partial charge in [0, 0.05) is 0 Å². The second kappa shape index (κ2) is 22.6. The summed E-state index contributed by atoms with van der Waals surface area (Å²) in [6, 6.07) is 3.67. The van der Waals surface area contributed by atoms with Crippen LogP contribution in [0.5, 0.6) is 0 Å². The fraction of sp³-hybridized carbons (Fsp3) is 0. The number of hydrogen-bond acceptors (Lipinski definition) is 1. The Morgan fingerprint density at radius 3 is 1.00 bits per heavy atom. The molecule has 0 aromatic carbocycles. The predicted molar refractivity (Wildman–Crippen MR) is 54.9 cm³/mol. The van der Waals surface area contributed by atoms with Gasteiger partial charge in [-0.25, -0.2) is 0 Å². The molecule has 0 amide bonds. The van der Waals surface area contributed by atoms with Crippen molar-refractivity contribution in [2.75, 3.05) is 0 Å². The molecule has 0 aliphatic carbocycles. The molecule has 0 aliphatic heterocycles. The monoisotopic (exact) mass is 248 g/mol. The molecule has 0 fully saturated rings. The van der Waals surface area contributed by atoms with Crippen molar-refractivity contribution < 1.29 is 4.42 Å². The van der Waals surface area contributed by atoms with E-state index in [9.17, 15) is 0 Å². The zero-order valence-electron chi connectivity index (χ0n) is 4.76. The quantitative estimate of drug-likeness (QED) is 0.688. The number of furan rings is 1. The molecule has 1 aromatic heterocycles. The van der Waals surface area contributed by atoms with Crippen LogP contribution in [0.2, 0.25) is 0 Å². The van der Waals surface area contributed by atoms with Crippen LogP contribution >= 0.6 is 62.0 Å². The molecule has 1 nitrogen and oxygen atoms in total. The van der Waals surface area contributed by atoms with Gasteiger partial charge in [-0.3, -0.25) is 0 Å². The third-order valence-corrected chi connectivity index (χ3v) is 0.425. The molecule has 1 rings (SSSR count). The molecule has 0 atom stereocenters. The summed E-state index contributed by atoms with van der Waals surface area (Å²) in [5.41, 5.74) is 0. The molecule has 0 unspecified atom stereocenters. The van der Waals surface area contributed by atoms with Gasteiger partial charge in [-0.05, 0) is 12.1 Å². The van der Waals surface area contributed by atoms with E-state index in [1.807, 2.05) is 12.1 Å². The Bertz CT molecular complexity index is 70.1. The Labute approximate surface area is 91.0 Å². The molecule has 6 heteroatoms. The van der Waals surface area contributed by atoms with Gasteiger partial charge in [0.2, 0.25) is 0 Å². The van der Waals surface area contributed by atoms with Gasteiger partial charge in [-0.1, -0.05) is 0 Å². The number of halogens is 5. The largest absolute Gasteiger partial charge is 0.473 e. The van der Waals surface area contributed by atoms with Crippen molar-refractivity contribution >= 4 is 62.0 Å². The second-order valence-corrected chi connectivity index (χ2v) is 0.793. The van der Waals surface area contributed by atoms with Crippen LogP contribution in [-0.4, -0.2) is 0 Å². The van der Waals surface area contributed by atoms with E-state index in [1.165, 1.54) is 0 Å². The highest BCUT2D eigenvalue weighted by Crippen LogP contribution is 1.79. The summed E-state index contributed by atoms with van der Waals surface area (Å²) in [6.45, 7) is 0. The Morgan fingerprint density at radius 2 is 0.900 bits per heavy atom. The summed E-state index contributed by atoms with van der Waals surface area (Å²) in [6.07, 6.45) is 3.25. The average Bonchev–Trinajstić information content (AvgIpc) is 1.76. The average molecular weight is 250 g/mol. The Hall–Kier alpha value is 0.730. The lowest BCUT2D eigenvalue weighted by Crippen LogP contribution is -1.16. The number of hydrogen-bond donors (Lipinski definition) is 0. The summed E-state index contributed by atoms with van der Waals surface area (Å²) in [5.74, 6) is 0. The standard InChI is InChI=1S/C4H4O.5ClH/c1-2-4-5-3-1;;;;;/h1-4H;5*1H. The van der Waals surface area contributed by atoms with Crippen LogP contribution in [0.15, 0.2) is 29.1 Å². The van der Waals surface area contributed by atoms with Crippen molar-refractivity contribution in [2.45, 2.75) is 0 Å². The van der Waals surface area contributed by atoms with Crippen LogP contribution in [0.4, 0.5) is 0 Å². The predicted octanol–water partition coefficient (Wildman–Crippen LogP) is 3.39. The van der Waals surface area contributed by atoms with Crippen molar-refractivity contribution in [3.05, 3.63) is 24.7 Å². The minimum Gasteiger partial charge on any atom is -0.473 e. The zero-order chi connectivity index (χ0) is 3.54. The smallest absolute Gasteiger partial charge is 0.0902 e. The Kier molecular flexibility index (Phi) is 69.9. The molecule has 0 radical (unpaired) electrons. The van der Waals surface area contributed by atoms with E-state index in [2.05, 4.69) is 4.42 Å². The topological polar surface area (TPSA) is 13.1 Å². The van der Waals surface area contributed by atoms with Gasteiger partial charge in [0.15, 0.2) is 0 Å². The van der Waals surface area contributed by atoms with Crippen molar-refractivity contribution in [3.8, 4) is 0 Å². The van der Waals surface area contributed by atoms with Crippen LogP contribution < -0.4 is 0 Å². The van der Waals surface area contributed by atoms with E-state index in [0.29, 0.717) is 0 Å². The molecular weight excluding hydrogens is 241 g/mol. The lowest BCUT2D eigenvalue weighted by molar-refractivity contribution is 0.567. The Balaban J connectivity index is -0.0000000167. The van der Waals surface area contributed by atoms with E-state index in [-0.39, 0.29) is 62.0 Å². The molecular formula is C4H9Cl5O. The highest BCUT2D eigenvalue weighted by atomic mass is 35.5. The number of rotatable bonds is 0. The van der Waals surface area contributed by atoms with E-state index >= 15 is 0 Å². The molecule has 0 aliphatic rings. The van der Waals surface area contributed by atoms with E-state index in [4.69, 9.17) is 0 Å². The SMILES string of the molecule is Cl.Cl.Cl.Cl.Cl.c1ccoc1. The van der Waals surface area contributed by atoms with Gasteiger partial charge < -0.3 is 4.42 Å². The van der Waals surface area contributed by atoms with E-state index < -0.39 is 0 Å². The molecule has 1 aromatic rings. The first-order valence-corrected chi connectivity index (χ1v) is 1.47. The van der Waals surface area contributed by atoms with Gasteiger partial charge in [0.25, 0.3) is 0 Å². The normalized spacial score (nSPS) is 4.00. The molecule has 66 valence electrons. The fourth-order valence-electron chi connectivity index (χ4n) is 0.227. The van der Waals surface area contributed by atoms with Crippen molar-refractivity contribution in [2.24, 2.45) is 0 Å². The van der Waals surface area contributed by atoms with Crippen molar-refractivity contribution in [3.63, 3.8) is 0 Å². The van der Waals surface area contributed by atoms with E-state index in [1.54, 1.807) is 12.5 Å². The molecule has 10 heavy (non-hydrogen) atoms. The van der Waals surface area contributed by atoms with Gasteiger partial charge in [-0.2, -0.15) is 0 Å². The van der Waals surface area contributed by atoms with Crippen molar-refractivity contribution in [1.29, 1.82) is 0 Å². The first kappa shape index (κ1) is 30.9. The van der Waals surface area contributed by atoms with E-state index in [0.717, 1.165) is 0 Å². The third kappa shape index (κ3) is 15.9. The van der Waals surface area contributed by atoms with Crippen LogP contribution in [0.25, 0.3) is 0 Å². The van der Waals surface area contributed by atoms with Crippen LogP contribution in [0.3, 0.4) is 0 Å². The fourth-order valence-corrected chi connectivity index (χ4v) is 0.227. The highest BCUT2D eigenvalue weighted by Gasteiger charge is 1.58. The molecule has 1 heterocycles. The maximum atomic E-state index is 4.58. The highest BCUT2D eigenvalue weighted by molar-refractivity contribution is 5.86. The summed E-state index contributed by atoms with van der Waals surface area (Å²) in [7, 11) is 0. The van der Waals surface area contributed by atoms with Crippen LogP contribution in [-0.2, 0) is 0 Å². The molecule has 0 N–H and O–H groups in total. The molecule has 0 saturated heterocycles. The first-order chi connectivity index (χ1) is 2.50. The Morgan fingerprint density at radius 1 is 0.600 bits per heavy atom. The van der Waals surface area contributed by atoms with Crippen LogP contribution in [0, 0.1) is 0 Å². The van der Waals surface area contributed by atoms with Gasteiger partial charge in [0.05, 0.1) is 12.5 Å². The summed E-state index contributed by atoms with van der Waals surface area (Å²) < 4.78 is 4.58. The third-order valence-electron chi connectivity index (χ3n) is 0.425. The molecule has 0 bridgehead atoms. The second-order valence-electron chi connectivity index (χ2n) is 0.793. The lowest BCUT2D eigenvalue weighted by atomic mass is 10.7. The van der Waals surface area contributed by atoms with Gasteiger partial charge >= 0.3 is 0 Å². The minimum atomic E-state index is 0. The minimum absolute atomic E-state index is 0. The summed E-state index contributed by atoms with van der Waals surface area (Å²) in [4.78, 5) is 0. The maximum Gasteiger partial charge on any atom is 0.0902 e. The molecule has 0 spiro atoms. The lowest BCUT2D eigenvalue weighted by Gasteiger charge is -1.50. The molecule has 0 saturated carbocycles. The summed E-state index contributed by atoms with van der Waals surface area (Å²) in [5, 5.41) is 0. The zero-order valence-corrected chi connectivity index (χ0v) is 8.84. The summed E-state index contributed by atoms with van der Waals surface area (Å²) >= 11 is 0. The maximum absolute atomic E-state index is 4.58.